The zero-order valence-electron chi connectivity index (χ0n) is 28.9. The van der Waals surface area contributed by atoms with E-state index in [1.807, 2.05) is 100 Å². The molecule has 5 N–H and O–H groups in total. The summed E-state index contributed by atoms with van der Waals surface area (Å²) in [5.74, 6) is 1.27. The summed E-state index contributed by atoms with van der Waals surface area (Å²) in [6.07, 6.45) is 4.73. The Hall–Kier alpha value is -4.88. The quantitative estimate of drug-likeness (QED) is 0.125. The minimum atomic E-state index is -1.17. The van der Waals surface area contributed by atoms with Crippen LogP contribution in [0.1, 0.15) is 64.5 Å². The molecule has 0 aliphatic carbocycles. The van der Waals surface area contributed by atoms with Gasteiger partial charge in [-0.15, -0.1) is 12.3 Å². The highest BCUT2D eigenvalue weighted by molar-refractivity contribution is 5.93. The molecule has 1 unspecified atom stereocenters. The molecule has 0 aliphatic heterocycles. The zero-order chi connectivity index (χ0) is 35.8. The second-order valence-corrected chi connectivity index (χ2v) is 12.9. The van der Waals surface area contributed by atoms with E-state index >= 15 is 0 Å². The Balaban J connectivity index is 1.77. The molecular weight excluding hydrogens is 620 g/mol. The van der Waals surface area contributed by atoms with Crippen molar-refractivity contribution in [3.8, 4) is 12.3 Å². The lowest BCUT2D eigenvalue weighted by Gasteiger charge is -2.28. The molecule has 262 valence electrons. The van der Waals surface area contributed by atoms with Crippen LogP contribution in [-0.4, -0.2) is 59.7 Å². The van der Waals surface area contributed by atoms with Crippen molar-refractivity contribution in [3.05, 3.63) is 83.9 Å². The highest BCUT2D eigenvalue weighted by Gasteiger charge is 2.31. The molecule has 4 amide bonds. The number of aliphatic hydroxyl groups excluding tert-OH is 1. The van der Waals surface area contributed by atoms with Crippen molar-refractivity contribution in [2.45, 2.75) is 90.6 Å². The summed E-state index contributed by atoms with van der Waals surface area (Å²) in [5.41, 5.74) is 1.59. The Labute approximate surface area is 289 Å². The number of carbonyl (C=O) groups excluding carboxylic acids is 4. The van der Waals surface area contributed by atoms with Crippen molar-refractivity contribution in [2.24, 2.45) is 11.8 Å². The maximum atomic E-state index is 13.8. The Bertz CT molecular complexity index is 1570. The molecule has 3 rings (SSSR count). The van der Waals surface area contributed by atoms with Gasteiger partial charge in [-0.25, -0.2) is 4.79 Å². The van der Waals surface area contributed by atoms with Crippen LogP contribution in [0.25, 0.3) is 10.8 Å². The molecule has 0 fully saturated rings. The predicted octanol–water partition coefficient (Wildman–Crippen LogP) is 4.63. The van der Waals surface area contributed by atoms with Gasteiger partial charge in [0.1, 0.15) is 18.7 Å². The maximum Gasteiger partial charge on any atom is 0.408 e. The van der Waals surface area contributed by atoms with E-state index in [1.54, 1.807) is 0 Å². The van der Waals surface area contributed by atoms with Crippen LogP contribution in [-0.2, 0) is 32.1 Å². The van der Waals surface area contributed by atoms with Gasteiger partial charge < -0.3 is 31.1 Å². The van der Waals surface area contributed by atoms with Gasteiger partial charge in [-0.3, -0.25) is 14.4 Å². The van der Waals surface area contributed by atoms with Crippen LogP contribution >= 0.6 is 0 Å². The van der Waals surface area contributed by atoms with Crippen LogP contribution in [0.3, 0.4) is 0 Å². The first-order chi connectivity index (χ1) is 23.5. The van der Waals surface area contributed by atoms with Crippen LogP contribution in [0.5, 0.6) is 0 Å². The van der Waals surface area contributed by atoms with Crippen molar-refractivity contribution in [1.29, 1.82) is 0 Å². The van der Waals surface area contributed by atoms with E-state index in [0.717, 1.165) is 28.3 Å². The van der Waals surface area contributed by atoms with Crippen LogP contribution in [0.15, 0.2) is 72.8 Å². The van der Waals surface area contributed by atoms with Gasteiger partial charge >= 0.3 is 6.09 Å². The summed E-state index contributed by atoms with van der Waals surface area (Å²) < 4.78 is 5.42. The number of aliphatic hydroxyl groups is 1. The molecule has 5 atom stereocenters. The Kier molecular flexibility index (Phi) is 15.6. The fourth-order valence-electron chi connectivity index (χ4n) is 5.35. The number of amides is 4. The minimum Gasteiger partial charge on any atom is -0.445 e. The smallest absolute Gasteiger partial charge is 0.408 e. The fourth-order valence-corrected chi connectivity index (χ4v) is 5.35. The Morgan fingerprint density at radius 2 is 1.53 bits per heavy atom. The summed E-state index contributed by atoms with van der Waals surface area (Å²) >= 11 is 0. The summed E-state index contributed by atoms with van der Waals surface area (Å²) in [6, 6.07) is 19.5. The van der Waals surface area contributed by atoms with Gasteiger partial charge in [-0.2, -0.15) is 0 Å². The van der Waals surface area contributed by atoms with Crippen LogP contribution in [0, 0.1) is 24.2 Å². The number of carbonyl (C=O) groups is 4. The standard InChI is InChI=1S/C39H50N4O6/c1-6-14-32(37(46)42-33(21-26(3)4)35(44)23-36(45)40-24-27(5)7-2)41-38(47)34(43-39(48)49-25-28-15-9-8-10-16-28)22-30-19-13-18-29-17-11-12-20-31(29)30/h1,8-13,15-20,26-27,32-35,44H,7,14,21-25H2,2-5H3,(H,40,45)(H,41,47)(H,42,46)(H,43,48)/t27?,32-,33-,34-,35-/m0/s1. The largest absolute Gasteiger partial charge is 0.445 e. The van der Waals surface area contributed by atoms with Crippen molar-refractivity contribution in [2.75, 3.05) is 6.54 Å². The van der Waals surface area contributed by atoms with E-state index in [-0.39, 0.29) is 37.7 Å². The normalized spacial score (nSPS) is 14.1. The number of hydrogen-bond donors (Lipinski definition) is 5. The lowest BCUT2D eigenvalue weighted by atomic mass is 9.96. The summed E-state index contributed by atoms with van der Waals surface area (Å²) in [6.45, 7) is 8.44. The Morgan fingerprint density at radius 3 is 2.22 bits per heavy atom. The molecule has 0 aliphatic rings. The molecular formula is C39H50N4O6. The first-order valence-corrected chi connectivity index (χ1v) is 16.9. The predicted molar refractivity (Wildman–Crippen MR) is 191 cm³/mol. The van der Waals surface area contributed by atoms with Gasteiger partial charge in [-0.05, 0) is 40.2 Å². The van der Waals surface area contributed by atoms with Gasteiger partial charge in [0.25, 0.3) is 0 Å². The van der Waals surface area contributed by atoms with E-state index in [1.165, 1.54) is 0 Å². The molecule has 0 aromatic heterocycles. The second kappa shape index (κ2) is 19.8. The number of fused-ring (bicyclic) bond motifs is 1. The number of rotatable bonds is 18. The fraction of sp³-hybridized carbons (Fsp3) is 0.436. The number of terminal acetylenes is 1. The van der Waals surface area contributed by atoms with Gasteiger partial charge in [0, 0.05) is 19.4 Å². The number of hydrogen-bond acceptors (Lipinski definition) is 6. The molecule has 3 aromatic rings. The lowest BCUT2D eigenvalue weighted by Crippen LogP contribution is -2.57. The molecule has 0 bridgehead atoms. The van der Waals surface area contributed by atoms with Crippen molar-refractivity contribution >= 4 is 34.6 Å². The molecule has 10 heteroatoms. The topological polar surface area (TPSA) is 146 Å². The molecule has 49 heavy (non-hydrogen) atoms. The average molecular weight is 671 g/mol. The third-order valence-electron chi connectivity index (χ3n) is 8.34. The van der Waals surface area contributed by atoms with Crippen molar-refractivity contribution in [1.82, 2.24) is 21.3 Å². The molecule has 0 spiro atoms. The SMILES string of the molecule is C#CC[C@H](NC(=O)[C@H](Cc1cccc2ccccc12)NC(=O)OCc1ccccc1)C(=O)N[C@@H](CC(C)C)[C@@H](O)CC(=O)NCC(C)CC. The molecule has 0 saturated heterocycles. The summed E-state index contributed by atoms with van der Waals surface area (Å²) in [7, 11) is 0. The second-order valence-electron chi connectivity index (χ2n) is 12.9. The van der Waals surface area contributed by atoms with Gasteiger partial charge in [0.15, 0.2) is 0 Å². The minimum absolute atomic E-state index is 0.00657. The van der Waals surface area contributed by atoms with E-state index in [9.17, 15) is 24.3 Å². The lowest BCUT2D eigenvalue weighted by molar-refractivity contribution is -0.131. The third kappa shape index (κ3) is 12.9. The van der Waals surface area contributed by atoms with Gasteiger partial charge in [-0.1, -0.05) is 107 Å². The van der Waals surface area contributed by atoms with E-state index in [4.69, 9.17) is 11.2 Å². The van der Waals surface area contributed by atoms with Gasteiger partial charge in [0.2, 0.25) is 17.7 Å². The summed E-state index contributed by atoms with van der Waals surface area (Å²) in [4.78, 5) is 52.9. The van der Waals surface area contributed by atoms with E-state index < -0.39 is 42.1 Å². The molecule has 10 nitrogen and oxygen atoms in total. The summed E-state index contributed by atoms with van der Waals surface area (Å²) in [5, 5.41) is 23.9. The molecule has 3 aromatic carbocycles. The number of ether oxygens (including phenoxy) is 1. The number of nitrogens with one attached hydrogen (secondary N) is 4. The van der Waals surface area contributed by atoms with E-state index in [2.05, 4.69) is 27.2 Å². The number of benzene rings is 3. The molecule has 0 saturated carbocycles. The van der Waals surface area contributed by atoms with Crippen molar-refractivity contribution in [3.63, 3.8) is 0 Å². The third-order valence-corrected chi connectivity index (χ3v) is 8.34. The monoisotopic (exact) mass is 670 g/mol. The van der Waals surface area contributed by atoms with Crippen molar-refractivity contribution < 1.29 is 29.0 Å². The van der Waals surface area contributed by atoms with Crippen LogP contribution in [0.2, 0.25) is 0 Å². The Morgan fingerprint density at radius 1 is 0.857 bits per heavy atom. The van der Waals surface area contributed by atoms with Crippen LogP contribution < -0.4 is 21.3 Å². The highest BCUT2D eigenvalue weighted by Crippen LogP contribution is 2.20. The van der Waals surface area contributed by atoms with Gasteiger partial charge in [0.05, 0.1) is 18.6 Å². The van der Waals surface area contributed by atoms with Crippen LogP contribution in [0.4, 0.5) is 4.79 Å². The first kappa shape index (κ1) is 38.6. The molecule has 0 radical (unpaired) electrons. The number of alkyl carbamates (subject to hydrolysis) is 1. The molecule has 0 heterocycles. The first-order valence-electron chi connectivity index (χ1n) is 16.9. The highest BCUT2D eigenvalue weighted by atomic mass is 16.5. The average Bonchev–Trinajstić information content (AvgIpc) is 3.09. The maximum absolute atomic E-state index is 13.8. The zero-order valence-corrected chi connectivity index (χ0v) is 28.9. The van der Waals surface area contributed by atoms with E-state index in [0.29, 0.717) is 18.9 Å².